The van der Waals surface area contributed by atoms with Gasteiger partial charge in [-0.05, 0) is 48.4 Å². The second-order valence-corrected chi connectivity index (χ2v) is 6.72. The van der Waals surface area contributed by atoms with Crippen molar-refractivity contribution in [3.63, 3.8) is 0 Å². The number of amides is 1. The van der Waals surface area contributed by atoms with Gasteiger partial charge in [-0.2, -0.15) is 0 Å². The zero-order valence-corrected chi connectivity index (χ0v) is 13.0. The monoisotopic (exact) mass is 293 g/mol. The molecule has 0 saturated carbocycles. The minimum absolute atomic E-state index is 0.00703. The number of fused-ring (bicyclic) bond motifs is 1. The maximum absolute atomic E-state index is 11.9. The summed E-state index contributed by atoms with van der Waals surface area (Å²) >= 11 is 1.57. The van der Waals surface area contributed by atoms with Crippen LogP contribution in [-0.2, 0) is 17.6 Å². The highest BCUT2D eigenvalue weighted by atomic mass is 32.2. The highest BCUT2D eigenvalue weighted by Crippen LogP contribution is 2.27. The molecule has 1 amide bonds. The molecule has 4 heteroatoms. The molecule has 20 heavy (non-hydrogen) atoms. The van der Waals surface area contributed by atoms with Crippen LogP contribution in [0.5, 0.6) is 0 Å². The van der Waals surface area contributed by atoms with Crippen molar-refractivity contribution in [3.8, 4) is 0 Å². The van der Waals surface area contributed by atoms with Gasteiger partial charge in [0.15, 0.2) is 0 Å². The largest absolute Gasteiger partial charge is 0.394 e. The van der Waals surface area contributed by atoms with Crippen molar-refractivity contribution in [2.75, 3.05) is 12.4 Å². The fourth-order valence-corrected chi connectivity index (χ4v) is 3.23. The molecule has 0 spiro atoms. The summed E-state index contributed by atoms with van der Waals surface area (Å²) in [5.41, 5.74) is 2.89. The summed E-state index contributed by atoms with van der Waals surface area (Å²) in [6.07, 6.45) is 3.60. The van der Waals surface area contributed by atoms with Gasteiger partial charge in [0.25, 0.3) is 0 Å². The Labute approximate surface area is 125 Å². The van der Waals surface area contributed by atoms with E-state index in [-0.39, 0.29) is 24.5 Å². The van der Waals surface area contributed by atoms with Crippen LogP contribution in [0, 0.1) is 5.92 Å². The number of thioether (sulfide) groups is 1. The Bertz CT molecular complexity index is 474. The summed E-state index contributed by atoms with van der Waals surface area (Å²) in [4.78, 5) is 13.0. The molecular formula is C16H23NO2S. The van der Waals surface area contributed by atoms with Crippen molar-refractivity contribution in [3.05, 3.63) is 29.3 Å². The van der Waals surface area contributed by atoms with E-state index < -0.39 is 0 Å². The fraction of sp³-hybridized carbons (Fsp3) is 0.562. The number of aliphatic hydroxyl groups is 1. The van der Waals surface area contributed by atoms with E-state index in [1.807, 2.05) is 13.8 Å². The zero-order valence-electron chi connectivity index (χ0n) is 12.2. The lowest BCUT2D eigenvalue weighted by Gasteiger charge is -2.19. The summed E-state index contributed by atoms with van der Waals surface area (Å²) in [5, 5.41) is 12.1. The van der Waals surface area contributed by atoms with Gasteiger partial charge in [0.2, 0.25) is 5.91 Å². The molecule has 0 aromatic heterocycles. The van der Waals surface area contributed by atoms with Crippen molar-refractivity contribution in [2.24, 2.45) is 5.92 Å². The lowest BCUT2D eigenvalue weighted by Crippen LogP contribution is -2.41. The van der Waals surface area contributed by atoms with E-state index in [1.165, 1.54) is 24.0 Å². The third-order valence-electron chi connectivity index (χ3n) is 3.79. The Kier molecular flexibility index (Phi) is 5.49. The van der Waals surface area contributed by atoms with Crippen LogP contribution in [0.4, 0.5) is 0 Å². The molecule has 0 bridgehead atoms. The van der Waals surface area contributed by atoms with Gasteiger partial charge < -0.3 is 10.4 Å². The molecule has 2 N–H and O–H groups in total. The molecule has 1 aromatic carbocycles. The van der Waals surface area contributed by atoms with Crippen LogP contribution < -0.4 is 5.32 Å². The van der Waals surface area contributed by atoms with Crippen LogP contribution >= 0.6 is 11.8 Å². The van der Waals surface area contributed by atoms with Gasteiger partial charge >= 0.3 is 0 Å². The minimum atomic E-state index is -0.150. The molecule has 0 heterocycles. The predicted octanol–water partition coefficient (Wildman–Crippen LogP) is 2.40. The molecule has 0 fully saturated rings. The summed E-state index contributed by atoms with van der Waals surface area (Å²) in [6, 6.07) is 6.36. The first-order chi connectivity index (χ1) is 9.60. The maximum Gasteiger partial charge on any atom is 0.230 e. The van der Waals surface area contributed by atoms with Gasteiger partial charge in [-0.25, -0.2) is 0 Å². The van der Waals surface area contributed by atoms with E-state index in [0.29, 0.717) is 5.75 Å². The molecule has 110 valence electrons. The normalized spacial score (nSPS) is 15.2. The Morgan fingerprint density at radius 2 is 2.10 bits per heavy atom. The Balaban J connectivity index is 1.84. The predicted molar refractivity (Wildman–Crippen MR) is 83.0 cm³/mol. The van der Waals surface area contributed by atoms with E-state index in [9.17, 15) is 9.90 Å². The third kappa shape index (κ3) is 4.00. The summed E-state index contributed by atoms with van der Waals surface area (Å²) in [5.74, 6) is 0.638. The lowest BCUT2D eigenvalue weighted by molar-refractivity contribution is -0.119. The van der Waals surface area contributed by atoms with E-state index in [2.05, 4.69) is 23.5 Å². The van der Waals surface area contributed by atoms with Gasteiger partial charge in [-0.15, -0.1) is 11.8 Å². The second-order valence-electron chi connectivity index (χ2n) is 5.67. The first kappa shape index (κ1) is 15.4. The zero-order chi connectivity index (χ0) is 14.5. The molecule has 1 aliphatic rings. The van der Waals surface area contributed by atoms with Crippen molar-refractivity contribution < 1.29 is 9.90 Å². The fourth-order valence-electron chi connectivity index (χ4n) is 2.46. The third-order valence-corrected chi connectivity index (χ3v) is 4.78. The summed E-state index contributed by atoms with van der Waals surface area (Å²) in [6.45, 7) is 3.98. The van der Waals surface area contributed by atoms with Gasteiger partial charge in [0.1, 0.15) is 0 Å². The standard InChI is InChI=1S/C16H23NO2S/c1-11(2)15(9-18)17-16(19)10-20-14-7-6-12-4-3-5-13(12)8-14/h6-8,11,15,18H,3-5,9-10H2,1-2H3,(H,17,19). The number of aliphatic hydroxyl groups excluding tert-OH is 1. The average molecular weight is 293 g/mol. The van der Waals surface area contributed by atoms with Crippen LogP contribution in [0.1, 0.15) is 31.4 Å². The quantitative estimate of drug-likeness (QED) is 0.792. The molecule has 3 nitrogen and oxygen atoms in total. The first-order valence-corrected chi connectivity index (χ1v) is 8.23. The van der Waals surface area contributed by atoms with E-state index in [0.717, 1.165) is 11.3 Å². The Hall–Kier alpha value is -1.00. The van der Waals surface area contributed by atoms with Crippen molar-refractivity contribution in [1.82, 2.24) is 5.32 Å². The van der Waals surface area contributed by atoms with Gasteiger partial charge in [-0.3, -0.25) is 4.79 Å². The Morgan fingerprint density at radius 3 is 2.80 bits per heavy atom. The van der Waals surface area contributed by atoms with Crippen LogP contribution in [0.15, 0.2) is 23.1 Å². The molecular weight excluding hydrogens is 270 g/mol. The lowest BCUT2D eigenvalue weighted by atomic mass is 10.1. The molecule has 1 aliphatic carbocycles. The van der Waals surface area contributed by atoms with E-state index in [4.69, 9.17) is 0 Å². The van der Waals surface area contributed by atoms with Crippen molar-refractivity contribution in [2.45, 2.75) is 44.0 Å². The highest BCUT2D eigenvalue weighted by Gasteiger charge is 2.15. The van der Waals surface area contributed by atoms with Crippen LogP contribution in [-0.4, -0.2) is 29.4 Å². The molecule has 0 radical (unpaired) electrons. The number of aryl methyl sites for hydroxylation is 2. The minimum Gasteiger partial charge on any atom is -0.394 e. The van der Waals surface area contributed by atoms with Crippen molar-refractivity contribution >= 4 is 17.7 Å². The number of hydrogen-bond acceptors (Lipinski definition) is 3. The number of nitrogens with one attached hydrogen (secondary N) is 1. The highest BCUT2D eigenvalue weighted by molar-refractivity contribution is 8.00. The number of carbonyl (C=O) groups excluding carboxylic acids is 1. The molecule has 0 aliphatic heterocycles. The maximum atomic E-state index is 11.9. The summed E-state index contributed by atoms with van der Waals surface area (Å²) < 4.78 is 0. The van der Waals surface area contributed by atoms with Crippen LogP contribution in [0.3, 0.4) is 0 Å². The number of hydrogen-bond donors (Lipinski definition) is 2. The smallest absolute Gasteiger partial charge is 0.230 e. The van der Waals surface area contributed by atoms with E-state index >= 15 is 0 Å². The topological polar surface area (TPSA) is 49.3 Å². The van der Waals surface area contributed by atoms with Crippen molar-refractivity contribution in [1.29, 1.82) is 0 Å². The number of benzene rings is 1. The van der Waals surface area contributed by atoms with Gasteiger partial charge in [0.05, 0.1) is 18.4 Å². The SMILES string of the molecule is CC(C)C(CO)NC(=O)CSc1ccc2c(c1)CCC2. The molecule has 0 saturated heterocycles. The second kappa shape index (κ2) is 7.14. The first-order valence-electron chi connectivity index (χ1n) is 7.25. The van der Waals surface area contributed by atoms with E-state index in [1.54, 1.807) is 11.8 Å². The van der Waals surface area contributed by atoms with Crippen LogP contribution in [0.25, 0.3) is 0 Å². The van der Waals surface area contributed by atoms with Gasteiger partial charge in [-0.1, -0.05) is 19.9 Å². The average Bonchev–Trinajstić information content (AvgIpc) is 2.89. The molecule has 1 atom stereocenters. The molecule has 1 unspecified atom stereocenters. The Morgan fingerprint density at radius 1 is 1.35 bits per heavy atom. The number of rotatable bonds is 6. The summed E-state index contributed by atoms with van der Waals surface area (Å²) in [7, 11) is 0. The van der Waals surface area contributed by atoms with Crippen LogP contribution in [0.2, 0.25) is 0 Å². The molecule has 1 aromatic rings. The number of carbonyl (C=O) groups is 1. The van der Waals surface area contributed by atoms with Gasteiger partial charge in [0, 0.05) is 4.90 Å². The molecule has 2 rings (SSSR count).